The maximum Gasteiger partial charge on any atom is 0.258 e. The van der Waals surface area contributed by atoms with E-state index in [9.17, 15) is 0 Å². The van der Waals surface area contributed by atoms with Crippen LogP contribution in [-0.2, 0) is 11.2 Å². The van der Waals surface area contributed by atoms with Gasteiger partial charge in [0, 0.05) is 12.7 Å². The van der Waals surface area contributed by atoms with E-state index in [2.05, 4.69) is 86.2 Å². The summed E-state index contributed by atoms with van der Waals surface area (Å²) in [7, 11) is -0.349. The van der Waals surface area contributed by atoms with Crippen LogP contribution < -0.4 is 9.16 Å². The van der Waals surface area contributed by atoms with Gasteiger partial charge in [-0.25, -0.2) is 0 Å². The Kier molecular flexibility index (Phi) is 9.17. The first kappa shape index (κ1) is 26.2. The molecule has 2 aromatic rings. The average molecular weight is 455 g/mol. The molecular formula is C28H42O3Si. The van der Waals surface area contributed by atoms with Crippen molar-refractivity contribution in [2.45, 2.75) is 78.4 Å². The van der Waals surface area contributed by atoms with Crippen molar-refractivity contribution in [1.82, 2.24) is 0 Å². The molecule has 0 amide bonds. The van der Waals surface area contributed by atoms with E-state index < -0.39 is 8.32 Å². The van der Waals surface area contributed by atoms with Gasteiger partial charge in [0.25, 0.3) is 8.32 Å². The first-order valence-electron chi connectivity index (χ1n) is 11.7. The molecule has 0 aliphatic carbocycles. The molecule has 0 radical (unpaired) electrons. The van der Waals surface area contributed by atoms with E-state index in [0.717, 1.165) is 23.5 Å². The van der Waals surface area contributed by atoms with Crippen LogP contribution in [0, 0.1) is 13.8 Å². The normalized spacial score (nSPS) is 12.0. The molecule has 0 bridgehead atoms. The van der Waals surface area contributed by atoms with Gasteiger partial charge in [0.05, 0.1) is 0 Å². The summed E-state index contributed by atoms with van der Waals surface area (Å²) in [6.07, 6.45) is 2.70. The van der Waals surface area contributed by atoms with Crippen molar-refractivity contribution in [3.05, 3.63) is 64.7 Å². The zero-order chi connectivity index (χ0) is 24.1. The van der Waals surface area contributed by atoms with Crippen molar-refractivity contribution >= 4 is 14.4 Å². The molecule has 176 valence electrons. The Morgan fingerprint density at radius 3 is 1.94 bits per heavy atom. The van der Waals surface area contributed by atoms with Crippen molar-refractivity contribution in [3.8, 4) is 11.5 Å². The molecule has 0 aliphatic heterocycles. The minimum absolute atomic E-state index is 0.230. The van der Waals surface area contributed by atoms with Gasteiger partial charge >= 0.3 is 0 Å². The fraction of sp³-hybridized carbons (Fsp3) is 0.500. The van der Waals surface area contributed by atoms with Crippen LogP contribution in [0.1, 0.15) is 69.4 Å². The quantitative estimate of drug-likeness (QED) is 0.254. The number of hydrogen-bond donors (Lipinski definition) is 0. The van der Waals surface area contributed by atoms with Crippen LogP contribution in [0.15, 0.2) is 36.9 Å². The smallest absolute Gasteiger partial charge is 0.258 e. The molecule has 32 heavy (non-hydrogen) atoms. The number of hydrogen-bond acceptors (Lipinski definition) is 3. The molecule has 0 saturated heterocycles. The van der Waals surface area contributed by atoms with Gasteiger partial charge in [-0.3, -0.25) is 0 Å². The van der Waals surface area contributed by atoms with E-state index in [4.69, 9.17) is 13.9 Å². The standard InChI is InChI=1S/C28H42O3Si/c1-11-25-16-24(12-13-28(25)30-18-29-10)17-27-22(8)14-26(15-23(27)9)31-32(19(2)3,20(4)5)21(6)7/h11-16,19-21H,1,17-18H2,2-10H3. The summed E-state index contributed by atoms with van der Waals surface area (Å²) in [5.41, 5.74) is 7.79. The minimum Gasteiger partial charge on any atom is -0.543 e. The lowest BCUT2D eigenvalue weighted by Gasteiger charge is -2.42. The Morgan fingerprint density at radius 2 is 1.47 bits per heavy atom. The van der Waals surface area contributed by atoms with Crippen molar-refractivity contribution in [3.63, 3.8) is 0 Å². The molecule has 2 aromatic carbocycles. The van der Waals surface area contributed by atoms with Crippen LogP contribution in [0.5, 0.6) is 11.5 Å². The summed E-state index contributed by atoms with van der Waals surface area (Å²) in [4.78, 5) is 0. The van der Waals surface area contributed by atoms with Gasteiger partial charge in [-0.05, 0) is 83.4 Å². The highest BCUT2D eigenvalue weighted by atomic mass is 28.4. The summed E-state index contributed by atoms with van der Waals surface area (Å²) >= 11 is 0. The van der Waals surface area contributed by atoms with E-state index in [-0.39, 0.29) is 6.79 Å². The molecule has 0 atom stereocenters. The Balaban J connectivity index is 2.35. The number of aryl methyl sites for hydroxylation is 2. The van der Waals surface area contributed by atoms with Crippen molar-refractivity contribution in [2.24, 2.45) is 0 Å². The Morgan fingerprint density at radius 1 is 0.906 bits per heavy atom. The van der Waals surface area contributed by atoms with Gasteiger partial charge in [-0.2, -0.15) is 0 Å². The molecule has 0 unspecified atom stereocenters. The van der Waals surface area contributed by atoms with Crippen LogP contribution in [0.2, 0.25) is 16.6 Å². The second-order valence-corrected chi connectivity index (χ2v) is 15.1. The topological polar surface area (TPSA) is 27.7 Å². The molecule has 4 heteroatoms. The summed E-state index contributed by atoms with van der Waals surface area (Å²) < 4.78 is 17.6. The molecule has 2 rings (SSSR count). The van der Waals surface area contributed by atoms with E-state index >= 15 is 0 Å². The van der Waals surface area contributed by atoms with Crippen LogP contribution in [0.25, 0.3) is 6.08 Å². The average Bonchev–Trinajstić information content (AvgIpc) is 2.72. The van der Waals surface area contributed by atoms with Crippen LogP contribution in [0.3, 0.4) is 0 Å². The lowest BCUT2D eigenvalue weighted by atomic mass is 9.95. The van der Waals surface area contributed by atoms with E-state index in [1.54, 1.807) is 7.11 Å². The van der Waals surface area contributed by atoms with Crippen molar-refractivity contribution in [2.75, 3.05) is 13.9 Å². The van der Waals surface area contributed by atoms with Gasteiger partial charge in [0.15, 0.2) is 6.79 Å². The van der Waals surface area contributed by atoms with Gasteiger partial charge in [-0.1, -0.05) is 60.3 Å². The fourth-order valence-corrected chi connectivity index (χ4v) is 10.4. The highest BCUT2D eigenvalue weighted by molar-refractivity contribution is 6.78. The third-order valence-corrected chi connectivity index (χ3v) is 12.7. The lowest BCUT2D eigenvalue weighted by molar-refractivity contribution is 0.0509. The second-order valence-electron chi connectivity index (χ2n) is 9.76. The highest BCUT2D eigenvalue weighted by Crippen LogP contribution is 2.43. The second kappa shape index (κ2) is 11.2. The summed E-state index contributed by atoms with van der Waals surface area (Å²) in [6, 6.07) is 10.7. The third-order valence-electron chi connectivity index (χ3n) is 6.68. The summed E-state index contributed by atoms with van der Waals surface area (Å²) in [5.74, 6) is 1.82. The molecular weight excluding hydrogens is 412 g/mol. The third kappa shape index (κ3) is 5.65. The van der Waals surface area contributed by atoms with Crippen molar-refractivity contribution < 1.29 is 13.9 Å². The monoisotopic (exact) mass is 454 g/mol. The summed E-state index contributed by atoms with van der Waals surface area (Å²) in [5, 5.41) is 0. The highest BCUT2D eigenvalue weighted by Gasteiger charge is 2.47. The number of rotatable bonds is 11. The van der Waals surface area contributed by atoms with E-state index in [0.29, 0.717) is 16.6 Å². The molecule has 3 nitrogen and oxygen atoms in total. The molecule has 0 aliphatic rings. The van der Waals surface area contributed by atoms with Gasteiger partial charge in [-0.15, -0.1) is 0 Å². The van der Waals surface area contributed by atoms with Crippen LogP contribution in [0.4, 0.5) is 0 Å². The van der Waals surface area contributed by atoms with Crippen molar-refractivity contribution in [1.29, 1.82) is 0 Å². The molecule has 0 spiro atoms. The fourth-order valence-electron chi connectivity index (χ4n) is 5.17. The van der Waals surface area contributed by atoms with E-state index in [1.165, 1.54) is 22.3 Å². The molecule has 0 fully saturated rings. The number of ether oxygens (including phenoxy) is 2. The maximum atomic E-state index is 6.94. The van der Waals surface area contributed by atoms with Crippen LogP contribution >= 0.6 is 0 Å². The molecule has 0 N–H and O–H groups in total. The molecule has 0 heterocycles. The SMILES string of the molecule is C=Cc1cc(Cc2c(C)cc(O[Si](C(C)C)(C(C)C)C(C)C)cc2C)ccc1OCOC. The van der Waals surface area contributed by atoms with Gasteiger partial charge in [0.2, 0.25) is 0 Å². The Labute approximate surface area is 196 Å². The molecule has 0 saturated carbocycles. The zero-order valence-electron chi connectivity index (χ0n) is 21.5. The summed E-state index contributed by atoms with van der Waals surface area (Å²) in [6.45, 7) is 22.5. The number of benzene rings is 2. The number of methoxy groups -OCH3 is 1. The Bertz CT molecular complexity index is 870. The van der Waals surface area contributed by atoms with Crippen LogP contribution in [-0.4, -0.2) is 22.2 Å². The first-order valence-corrected chi connectivity index (χ1v) is 13.9. The van der Waals surface area contributed by atoms with E-state index in [1.807, 2.05) is 12.1 Å². The Hall–Kier alpha value is -2.04. The van der Waals surface area contributed by atoms with Gasteiger partial charge < -0.3 is 13.9 Å². The first-order chi connectivity index (χ1) is 15.1. The zero-order valence-corrected chi connectivity index (χ0v) is 22.5. The maximum absolute atomic E-state index is 6.94. The largest absolute Gasteiger partial charge is 0.543 e. The lowest BCUT2D eigenvalue weighted by Crippen LogP contribution is -2.50. The minimum atomic E-state index is -1.97. The predicted octanol–water partition coefficient (Wildman–Crippen LogP) is 8.07. The predicted molar refractivity (Wildman–Crippen MR) is 139 cm³/mol. The molecule has 0 aromatic heterocycles. The van der Waals surface area contributed by atoms with Gasteiger partial charge in [0.1, 0.15) is 11.5 Å².